The molecule has 1 aromatic heterocycles. The molecule has 0 fully saturated rings. The quantitative estimate of drug-likeness (QED) is 0.533. The number of methoxy groups -OCH3 is 1. The molecule has 0 bridgehead atoms. The van der Waals surface area contributed by atoms with Crippen molar-refractivity contribution in [1.29, 1.82) is 0 Å². The molecular formula is C18H16N4O4S2. The number of nitrogens with one attached hydrogen (secondary N) is 2. The molecule has 0 saturated heterocycles. The molecule has 0 aliphatic carbocycles. The number of rotatable bonds is 6. The lowest BCUT2D eigenvalue weighted by Gasteiger charge is -2.09. The number of hydrogen-bond donors (Lipinski definition) is 3. The van der Waals surface area contributed by atoms with Crippen LogP contribution in [0.25, 0.3) is 0 Å². The fraction of sp³-hybridized carbons (Fsp3) is 0.0556. The van der Waals surface area contributed by atoms with Crippen molar-refractivity contribution < 1.29 is 17.9 Å². The van der Waals surface area contributed by atoms with Gasteiger partial charge in [-0.3, -0.25) is 4.79 Å². The lowest BCUT2D eigenvalue weighted by Crippen LogP contribution is -2.15. The first-order chi connectivity index (χ1) is 13.4. The lowest BCUT2D eigenvalue weighted by atomic mass is 10.2. The largest absolute Gasteiger partial charge is 0.481 e. The molecule has 28 heavy (non-hydrogen) atoms. The zero-order chi connectivity index (χ0) is 20.1. The summed E-state index contributed by atoms with van der Waals surface area (Å²) in [6.07, 6.45) is 1.38. The van der Waals surface area contributed by atoms with Gasteiger partial charge in [0.2, 0.25) is 11.8 Å². The highest BCUT2D eigenvalue weighted by Gasteiger charge is 2.16. The highest BCUT2D eigenvalue weighted by molar-refractivity contribution is 7.92. The van der Waals surface area contributed by atoms with E-state index in [1.807, 2.05) is 0 Å². The second-order valence-electron chi connectivity index (χ2n) is 5.55. The molecule has 3 rings (SSSR count). The predicted octanol–water partition coefficient (Wildman–Crippen LogP) is 2.83. The maximum absolute atomic E-state index is 12.5. The normalized spacial score (nSPS) is 10.9. The molecule has 0 atom stereocenters. The number of nitrogens with zero attached hydrogens (tertiary/aromatic N) is 2. The third-order valence-electron chi connectivity index (χ3n) is 3.62. The Kier molecular flexibility index (Phi) is 5.81. The van der Waals surface area contributed by atoms with Gasteiger partial charge in [0, 0.05) is 28.4 Å². The Hall–Kier alpha value is -3.11. The average Bonchev–Trinajstić information content (AvgIpc) is 2.68. The molecule has 3 aromatic rings. The number of carbonyl (C=O) groups excluding carboxylic acids is 1. The second-order valence-corrected chi connectivity index (χ2v) is 7.75. The highest BCUT2D eigenvalue weighted by Crippen LogP contribution is 2.18. The minimum atomic E-state index is -3.89. The first-order valence-corrected chi connectivity index (χ1v) is 9.91. The number of benzene rings is 2. The molecule has 1 heterocycles. The molecule has 144 valence electrons. The van der Waals surface area contributed by atoms with Crippen LogP contribution in [0.2, 0.25) is 0 Å². The number of carbonyl (C=O) groups is 1. The smallest absolute Gasteiger partial charge is 0.264 e. The van der Waals surface area contributed by atoms with Crippen LogP contribution in [0, 0.1) is 0 Å². The van der Waals surface area contributed by atoms with Gasteiger partial charge >= 0.3 is 0 Å². The minimum Gasteiger partial charge on any atom is -0.481 e. The first-order valence-electron chi connectivity index (χ1n) is 7.98. The summed E-state index contributed by atoms with van der Waals surface area (Å²) in [6.45, 7) is 0. The van der Waals surface area contributed by atoms with Crippen molar-refractivity contribution in [1.82, 2.24) is 9.97 Å². The van der Waals surface area contributed by atoms with Gasteiger partial charge in [0.25, 0.3) is 15.9 Å². The van der Waals surface area contributed by atoms with Crippen LogP contribution in [-0.2, 0) is 10.0 Å². The first kappa shape index (κ1) is 19.6. The number of ether oxygens (including phenoxy) is 1. The van der Waals surface area contributed by atoms with Crippen LogP contribution in [0.5, 0.6) is 5.88 Å². The summed E-state index contributed by atoms with van der Waals surface area (Å²) in [5.74, 6) is -0.187. The molecule has 0 radical (unpaired) electrons. The SMILES string of the molecule is COc1ccnc(NS(=O)(=O)c2ccc(NC(=O)c3ccc(S)cc3)cc2)n1. The summed E-state index contributed by atoms with van der Waals surface area (Å²) in [7, 11) is -2.48. The zero-order valence-corrected chi connectivity index (χ0v) is 16.4. The van der Waals surface area contributed by atoms with E-state index < -0.39 is 10.0 Å². The van der Waals surface area contributed by atoms with E-state index in [0.29, 0.717) is 11.3 Å². The number of hydrogen-bond acceptors (Lipinski definition) is 7. The fourth-order valence-corrected chi connectivity index (χ4v) is 3.32. The Morgan fingerprint density at radius 1 is 1.04 bits per heavy atom. The van der Waals surface area contributed by atoms with Gasteiger partial charge in [-0.15, -0.1) is 12.6 Å². The molecular weight excluding hydrogens is 400 g/mol. The van der Waals surface area contributed by atoms with E-state index >= 15 is 0 Å². The Morgan fingerprint density at radius 2 is 1.71 bits per heavy atom. The van der Waals surface area contributed by atoms with Crippen molar-refractivity contribution in [3.63, 3.8) is 0 Å². The minimum absolute atomic E-state index is 0.00338. The van der Waals surface area contributed by atoms with E-state index in [4.69, 9.17) is 4.74 Å². The summed E-state index contributed by atoms with van der Waals surface area (Å²) < 4.78 is 32.1. The van der Waals surface area contributed by atoms with Gasteiger partial charge in [0.1, 0.15) is 0 Å². The van der Waals surface area contributed by atoms with E-state index in [2.05, 4.69) is 32.6 Å². The highest BCUT2D eigenvalue weighted by atomic mass is 32.2. The van der Waals surface area contributed by atoms with Crippen molar-refractivity contribution >= 4 is 40.2 Å². The summed E-state index contributed by atoms with van der Waals surface area (Å²) in [4.78, 5) is 20.7. The standard InChI is InChI=1S/C18H16N4O4S2/c1-26-16-10-11-19-18(21-16)22-28(24,25)15-8-4-13(5-9-15)20-17(23)12-2-6-14(27)7-3-12/h2-11,27H,1H3,(H,20,23)(H,19,21,22). The van der Waals surface area contributed by atoms with Crippen LogP contribution in [0.4, 0.5) is 11.6 Å². The van der Waals surface area contributed by atoms with Gasteiger partial charge < -0.3 is 10.1 Å². The van der Waals surface area contributed by atoms with Gasteiger partial charge in [-0.2, -0.15) is 4.98 Å². The maximum atomic E-state index is 12.5. The molecule has 0 saturated carbocycles. The summed E-state index contributed by atoms with van der Waals surface area (Å²) in [6, 6.07) is 13.9. The Morgan fingerprint density at radius 3 is 2.36 bits per heavy atom. The van der Waals surface area contributed by atoms with Crippen LogP contribution in [0.1, 0.15) is 10.4 Å². The zero-order valence-electron chi connectivity index (χ0n) is 14.7. The van der Waals surface area contributed by atoms with Gasteiger partial charge in [-0.25, -0.2) is 18.1 Å². The summed E-state index contributed by atoms with van der Waals surface area (Å²) >= 11 is 4.17. The van der Waals surface area contributed by atoms with Crippen molar-refractivity contribution in [2.24, 2.45) is 0 Å². The Bertz CT molecular complexity index is 1090. The third-order valence-corrected chi connectivity index (χ3v) is 5.26. The van der Waals surface area contributed by atoms with Gasteiger partial charge in [0.05, 0.1) is 12.0 Å². The van der Waals surface area contributed by atoms with Crippen LogP contribution in [0.3, 0.4) is 0 Å². The number of thiol groups is 1. The second kappa shape index (κ2) is 8.28. The van der Waals surface area contributed by atoms with Crippen molar-refractivity contribution in [3.8, 4) is 5.88 Å². The number of sulfonamides is 1. The monoisotopic (exact) mass is 416 g/mol. The van der Waals surface area contributed by atoms with Crippen LogP contribution in [0.15, 0.2) is 70.6 Å². The van der Waals surface area contributed by atoms with E-state index in [1.54, 1.807) is 24.3 Å². The van der Waals surface area contributed by atoms with Gasteiger partial charge in [-0.05, 0) is 48.5 Å². The van der Waals surface area contributed by atoms with Gasteiger partial charge in [-0.1, -0.05) is 0 Å². The van der Waals surface area contributed by atoms with Crippen molar-refractivity contribution in [2.45, 2.75) is 9.79 Å². The summed E-state index contributed by atoms with van der Waals surface area (Å²) in [5, 5.41) is 2.70. The predicted molar refractivity (Wildman–Crippen MR) is 107 cm³/mol. The molecule has 0 aliphatic rings. The van der Waals surface area contributed by atoms with E-state index in [0.717, 1.165) is 4.90 Å². The maximum Gasteiger partial charge on any atom is 0.264 e. The van der Waals surface area contributed by atoms with Crippen molar-refractivity contribution in [2.75, 3.05) is 17.1 Å². The molecule has 2 N–H and O–H groups in total. The Labute approximate surface area is 167 Å². The molecule has 0 spiro atoms. The lowest BCUT2D eigenvalue weighted by molar-refractivity contribution is 0.102. The molecule has 10 heteroatoms. The average molecular weight is 416 g/mol. The molecule has 1 amide bonds. The van der Waals surface area contributed by atoms with E-state index in [9.17, 15) is 13.2 Å². The van der Waals surface area contributed by atoms with Crippen LogP contribution < -0.4 is 14.8 Å². The van der Waals surface area contributed by atoms with Crippen LogP contribution >= 0.6 is 12.6 Å². The van der Waals surface area contributed by atoms with E-state index in [-0.39, 0.29) is 22.6 Å². The van der Waals surface area contributed by atoms with E-state index in [1.165, 1.54) is 43.6 Å². The number of aromatic nitrogens is 2. The molecule has 0 unspecified atom stereocenters. The summed E-state index contributed by atoms with van der Waals surface area (Å²) in [5.41, 5.74) is 0.919. The molecule has 2 aromatic carbocycles. The topological polar surface area (TPSA) is 110 Å². The van der Waals surface area contributed by atoms with Gasteiger partial charge in [0.15, 0.2) is 0 Å². The van der Waals surface area contributed by atoms with Crippen LogP contribution in [-0.4, -0.2) is 31.4 Å². The number of amides is 1. The number of anilines is 2. The Balaban J connectivity index is 1.72. The van der Waals surface area contributed by atoms with Crippen molar-refractivity contribution in [3.05, 3.63) is 66.4 Å². The molecule has 8 nitrogen and oxygen atoms in total. The fourth-order valence-electron chi connectivity index (χ4n) is 2.22. The molecule has 0 aliphatic heterocycles. The third kappa shape index (κ3) is 4.78.